The summed E-state index contributed by atoms with van der Waals surface area (Å²) in [7, 11) is 0. The molecular formula is C24H27N3O2S. The maximum atomic E-state index is 13.1. The molecule has 1 aliphatic rings. The minimum atomic E-state index is -0.160. The first-order chi connectivity index (χ1) is 14.5. The first-order valence-corrected chi connectivity index (χ1v) is 11.4. The van der Waals surface area contributed by atoms with Crippen molar-refractivity contribution in [2.45, 2.75) is 39.2 Å². The van der Waals surface area contributed by atoms with Crippen molar-refractivity contribution in [3.8, 4) is 10.6 Å². The minimum absolute atomic E-state index is 0.0909. The average Bonchev–Trinajstić information content (AvgIpc) is 3.30. The maximum Gasteiger partial charge on any atom is 0.266 e. The number of benzene rings is 1. The molecule has 3 heterocycles. The summed E-state index contributed by atoms with van der Waals surface area (Å²) in [5.74, 6) is 0.236. The number of thiophene rings is 1. The predicted octanol–water partition coefficient (Wildman–Crippen LogP) is 4.32. The molecule has 156 valence electrons. The van der Waals surface area contributed by atoms with E-state index in [2.05, 4.69) is 24.2 Å². The van der Waals surface area contributed by atoms with Gasteiger partial charge in [0.15, 0.2) is 0 Å². The van der Waals surface area contributed by atoms with Crippen LogP contribution < -0.4 is 5.56 Å². The summed E-state index contributed by atoms with van der Waals surface area (Å²) < 4.78 is 1.57. The monoisotopic (exact) mass is 421 g/mol. The minimum Gasteiger partial charge on any atom is -0.342 e. The van der Waals surface area contributed by atoms with Gasteiger partial charge in [0.05, 0.1) is 10.8 Å². The molecule has 1 saturated heterocycles. The van der Waals surface area contributed by atoms with E-state index in [0.717, 1.165) is 35.5 Å². The molecule has 5 nitrogen and oxygen atoms in total. The molecule has 0 radical (unpaired) electrons. The van der Waals surface area contributed by atoms with E-state index in [4.69, 9.17) is 0 Å². The van der Waals surface area contributed by atoms with Crippen LogP contribution in [0.4, 0.5) is 0 Å². The first kappa shape index (κ1) is 20.5. The Morgan fingerprint density at radius 2 is 2.00 bits per heavy atom. The number of nitrogens with zero attached hydrogens (tertiary/aromatic N) is 3. The van der Waals surface area contributed by atoms with Crippen molar-refractivity contribution in [3.05, 3.63) is 75.4 Å². The molecule has 0 N–H and O–H groups in total. The lowest BCUT2D eigenvalue weighted by Gasteiger charge is -2.34. The molecule has 30 heavy (non-hydrogen) atoms. The molecule has 6 heteroatoms. The van der Waals surface area contributed by atoms with Crippen molar-refractivity contribution < 1.29 is 4.79 Å². The normalized spacial score (nSPS) is 17.7. The lowest BCUT2D eigenvalue weighted by molar-refractivity contribution is -0.134. The number of hydrogen-bond acceptors (Lipinski definition) is 4. The Balaban J connectivity index is 1.45. The van der Waals surface area contributed by atoms with Crippen LogP contribution in [0.5, 0.6) is 0 Å². The predicted molar refractivity (Wildman–Crippen MR) is 121 cm³/mol. The van der Waals surface area contributed by atoms with Gasteiger partial charge < -0.3 is 4.90 Å². The van der Waals surface area contributed by atoms with Crippen LogP contribution >= 0.6 is 11.3 Å². The van der Waals surface area contributed by atoms with Crippen LogP contribution in [-0.4, -0.2) is 33.7 Å². The Hall–Kier alpha value is -2.73. The molecule has 0 bridgehead atoms. The summed E-state index contributed by atoms with van der Waals surface area (Å²) in [4.78, 5) is 28.5. The Morgan fingerprint density at radius 1 is 1.20 bits per heavy atom. The molecular weight excluding hydrogens is 394 g/mol. The second kappa shape index (κ2) is 8.96. The number of piperidine rings is 1. The number of carbonyl (C=O) groups excluding carboxylic acids is 1. The Morgan fingerprint density at radius 3 is 2.73 bits per heavy atom. The number of amides is 1. The molecule has 0 spiro atoms. The zero-order valence-corrected chi connectivity index (χ0v) is 18.3. The van der Waals surface area contributed by atoms with Gasteiger partial charge in [0.1, 0.15) is 5.69 Å². The van der Waals surface area contributed by atoms with E-state index in [0.29, 0.717) is 13.1 Å². The van der Waals surface area contributed by atoms with Crippen LogP contribution in [0.2, 0.25) is 0 Å². The smallest absolute Gasteiger partial charge is 0.266 e. The third kappa shape index (κ3) is 4.54. The van der Waals surface area contributed by atoms with Crippen LogP contribution in [0, 0.1) is 12.8 Å². The van der Waals surface area contributed by atoms with Crippen molar-refractivity contribution in [2.24, 2.45) is 5.92 Å². The van der Waals surface area contributed by atoms with Gasteiger partial charge in [-0.15, -0.1) is 11.3 Å². The molecule has 2 aromatic heterocycles. The number of aromatic nitrogens is 2. The Kier molecular flexibility index (Phi) is 6.13. The number of carbonyl (C=O) groups is 1. The summed E-state index contributed by atoms with van der Waals surface area (Å²) in [5.41, 5.74) is 2.97. The zero-order valence-electron chi connectivity index (χ0n) is 17.5. The highest BCUT2D eigenvalue weighted by Crippen LogP contribution is 2.25. The van der Waals surface area contributed by atoms with Gasteiger partial charge >= 0.3 is 0 Å². The largest absolute Gasteiger partial charge is 0.342 e. The van der Waals surface area contributed by atoms with Gasteiger partial charge in [-0.05, 0) is 55.7 Å². The van der Waals surface area contributed by atoms with Gasteiger partial charge in [0.25, 0.3) is 5.56 Å². The van der Waals surface area contributed by atoms with Crippen molar-refractivity contribution in [2.75, 3.05) is 13.1 Å². The number of hydrogen-bond donors (Lipinski definition) is 0. The molecule has 1 fully saturated rings. The highest BCUT2D eigenvalue weighted by molar-refractivity contribution is 7.13. The van der Waals surface area contributed by atoms with Crippen molar-refractivity contribution >= 4 is 17.2 Å². The van der Waals surface area contributed by atoms with Crippen LogP contribution in [0.3, 0.4) is 0 Å². The molecule has 1 amide bonds. The molecule has 1 aliphatic heterocycles. The van der Waals surface area contributed by atoms with Gasteiger partial charge in [-0.3, -0.25) is 9.59 Å². The van der Waals surface area contributed by atoms with Crippen LogP contribution in [-0.2, 0) is 11.3 Å². The van der Waals surface area contributed by atoms with E-state index < -0.39 is 0 Å². The van der Waals surface area contributed by atoms with Crippen molar-refractivity contribution in [1.82, 2.24) is 14.7 Å². The molecule has 1 aromatic carbocycles. The SMILES string of the molecule is Cc1ccc(C(C)C(=O)N2CCC[C@H](Cn3nc(-c4cccs4)ccc3=O)C2)cc1. The van der Waals surface area contributed by atoms with Gasteiger partial charge in [0, 0.05) is 25.7 Å². The second-order valence-corrected chi connectivity index (χ2v) is 9.09. The molecule has 3 aromatic rings. The van der Waals surface area contributed by atoms with Gasteiger partial charge in [-0.25, -0.2) is 4.68 Å². The fourth-order valence-corrected chi connectivity index (χ4v) is 4.76. The molecule has 4 rings (SSSR count). The molecule has 0 saturated carbocycles. The fraction of sp³-hybridized carbons (Fsp3) is 0.375. The van der Waals surface area contributed by atoms with Gasteiger partial charge in [0.2, 0.25) is 5.91 Å². The summed E-state index contributed by atoms with van der Waals surface area (Å²) in [6.07, 6.45) is 1.95. The van der Waals surface area contributed by atoms with Crippen molar-refractivity contribution in [1.29, 1.82) is 0 Å². The summed E-state index contributed by atoms with van der Waals surface area (Å²) in [5, 5.41) is 6.59. The topological polar surface area (TPSA) is 55.2 Å². The summed E-state index contributed by atoms with van der Waals surface area (Å²) in [6.45, 7) is 6.03. The van der Waals surface area contributed by atoms with Gasteiger partial charge in [-0.2, -0.15) is 5.10 Å². The zero-order chi connectivity index (χ0) is 21.1. The number of likely N-dealkylation sites (tertiary alicyclic amines) is 1. The van der Waals surface area contributed by atoms with E-state index in [1.54, 1.807) is 28.2 Å². The second-order valence-electron chi connectivity index (χ2n) is 8.14. The third-order valence-electron chi connectivity index (χ3n) is 5.85. The van der Waals surface area contributed by atoms with E-state index in [1.807, 2.05) is 41.5 Å². The van der Waals surface area contributed by atoms with Crippen molar-refractivity contribution in [3.63, 3.8) is 0 Å². The average molecular weight is 422 g/mol. The van der Waals surface area contributed by atoms with Crippen LogP contribution in [0.15, 0.2) is 58.7 Å². The molecule has 2 atom stereocenters. The maximum absolute atomic E-state index is 13.1. The number of aryl methyl sites for hydroxylation is 1. The quantitative estimate of drug-likeness (QED) is 0.616. The van der Waals surface area contributed by atoms with E-state index in [9.17, 15) is 9.59 Å². The molecule has 1 unspecified atom stereocenters. The summed E-state index contributed by atoms with van der Waals surface area (Å²) in [6, 6.07) is 15.6. The molecule has 0 aliphatic carbocycles. The lowest BCUT2D eigenvalue weighted by Crippen LogP contribution is -2.43. The highest BCUT2D eigenvalue weighted by atomic mass is 32.1. The van der Waals surface area contributed by atoms with E-state index >= 15 is 0 Å². The first-order valence-electron chi connectivity index (χ1n) is 10.5. The van der Waals surface area contributed by atoms with Crippen LogP contribution in [0.25, 0.3) is 10.6 Å². The van der Waals surface area contributed by atoms with E-state index in [-0.39, 0.29) is 23.3 Å². The van der Waals surface area contributed by atoms with Crippen LogP contribution in [0.1, 0.15) is 36.8 Å². The Bertz CT molecular complexity index is 1060. The van der Waals surface area contributed by atoms with Gasteiger partial charge in [-0.1, -0.05) is 35.9 Å². The lowest BCUT2D eigenvalue weighted by atomic mass is 9.94. The standard InChI is InChI=1S/C24H27N3O2S/c1-17-7-9-20(10-8-17)18(2)24(29)26-13-3-5-19(15-26)16-27-23(28)12-11-21(25-27)22-6-4-14-30-22/h4,6-12,14,18-19H,3,5,13,15-16H2,1-2H3/t18?,19-/m0/s1. The van der Waals surface area contributed by atoms with E-state index in [1.165, 1.54) is 5.56 Å². The fourth-order valence-electron chi connectivity index (χ4n) is 4.07. The summed E-state index contributed by atoms with van der Waals surface area (Å²) >= 11 is 1.61. The third-order valence-corrected chi connectivity index (χ3v) is 6.74. The number of rotatable bonds is 5. The highest BCUT2D eigenvalue weighted by Gasteiger charge is 2.28. The Labute approximate surface area is 181 Å².